The predicted molar refractivity (Wildman–Crippen MR) is 58.2 cm³/mol. The van der Waals surface area contributed by atoms with Gasteiger partial charge in [0.1, 0.15) is 0 Å². The minimum absolute atomic E-state index is 0.000492. The van der Waals surface area contributed by atoms with Gasteiger partial charge in [0.15, 0.2) is 0 Å². The van der Waals surface area contributed by atoms with Crippen molar-refractivity contribution in [2.75, 3.05) is 6.54 Å². The van der Waals surface area contributed by atoms with Crippen LogP contribution in [0, 0.1) is 0 Å². The minimum atomic E-state index is -0.357. The number of carbonyl (C=O) groups is 2. The van der Waals surface area contributed by atoms with Crippen LogP contribution in [-0.2, 0) is 9.59 Å². The fourth-order valence-corrected chi connectivity index (χ4v) is 1.68. The third-order valence-electron chi connectivity index (χ3n) is 2.72. The van der Waals surface area contributed by atoms with Gasteiger partial charge in [0.05, 0.1) is 12.5 Å². The van der Waals surface area contributed by atoms with Gasteiger partial charge in [-0.1, -0.05) is 13.0 Å². The number of nitrogens with one attached hydrogen (secondary N) is 1. The highest BCUT2D eigenvalue weighted by molar-refractivity contribution is 6.05. The van der Waals surface area contributed by atoms with Gasteiger partial charge in [-0.05, 0) is 13.3 Å². The maximum Gasteiger partial charge on any atom is 0.247 e. The second kappa shape index (κ2) is 5.07. The summed E-state index contributed by atoms with van der Waals surface area (Å²) in [6.45, 7) is 7.98. The topological polar surface area (TPSA) is 49.4 Å². The van der Waals surface area contributed by atoms with Gasteiger partial charge in [0.2, 0.25) is 11.8 Å². The molecule has 0 spiro atoms. The Hall–Kier alpha value is -1.16. The van der Waals surface area contributed by atoms with Crippen molar-refractivity contribution in [3.63, 3.8) is 0 Å². The van der Waals surface area contributed by atoms with Crippen molar-refractivity contribution < 1.29 is 9.59 Å². The van der Waals surface area contributed by atoms with Crippen LogP contribution in [0.2, 0.25) is 0 Å². The molecule has 1 saturated heterocycles. The quantitative estimate of drug-likeness (QED) is 0.536. The molecule has 84 valence electrons. The Bertz CT molecular complexity index is 276. The fourth-order valence-electron chi connectivity index (χ4n) is 1.68. The summed E-state index contributed by atoms with van der Waals surface area (Å²) in [7, 11) is 0. The maximum absolute atomic E-state index is 11.8. The molecule has 0 radical (unpaired) electrons. The molecule has 0 aromatic rings. The Morgan fingerprint density at radius 3 is 2.87 bits per heavy atom. The second-order valence-electron chi connectivity index (χ2n) is 3.81. The Morgan fingerprint density at radius 2 is 2.33 bits per heavy atom. The van der Waals surface area contributed by atoms with Gasteiger partial charge in [-0.25, -0.2) is 0 Å². The third-order valence-corrected chi connectivity index (χ3v) is 2.72. The first kappa shape index (κ1) is 11.9. The lowest BCUT2D eigenvalue weighted by Gasteiger charge is -2.21. The summed E-state index contributed by atoms with van der Waals surface area (Å²) >= 11 is 0. The standard InChI is InChI=1S/C11H18N2O2/c1-4-6-12-9-7-10(14)13(11(9)15)8(3)5-2/h4,8-9,12H,1,5-7H2,2-3H3. The molecule has 15 heavy (non-hydrogen) atoms. The average Bonchev–Trinajstić information content (AvgIpc) is 2.50. The largest absolute Gasteiger partial charge is 0.302 e. The van der Waals surface area contributed by atoms with E-state index in [0.717, 1.165) is 6.42 Å². The van der Waals surface area contributed by atoms with Crippen molar-refractivity contribution in [3.05, 3.63) is 12.7 Å². The zero-order chi connectivity index (χ0) is 11.4. The number of amides is 2. The first-order valence-electron chi connectivity index (χ1n) is 5.32. The summed E-state index contributed by atoms with van der Waals surface area (Å²) in [5.74, 6) is -0.174. The van der Waals surface area contributed by atoms with E-state index >= 15 is 0 Å². The SMILES string of the molecule is C=CCNC1CC(=O)N(C(C)CC)C1=O. The van der Waals surface area contributed by atoms with Gasteiger partial charge < -0.3 is 5.32 Å². The van der Waals surface area contributed by atoms with Crippen molar-refractivity contribution in [1.29, 1.82) is 0 Å². The van der Waals surface area contributed by atoms with Crippen LogP contribution in [0.1, 0.15) is 26.7 Å². The smallest absolute Gasteiger partial charge is 0.247 e. The highest BCUT2D eigenvalue weighted by Crippen LogP contribution is 2.17. The van der Waals surface area contributed by atoms with Crippen LogP contribution in [0.3, 0.4) is 0 Å². The van der Waals surface area contributed by atoms with E-state index in [2.05, 4.69) is 11.9 Å². The molecule has 0 aliphatic carbocycles. The van der Waals surface area contributed by atoms with Crippen molar-refractivity contribution >= 4 is 11.8 Å². The van der Waals surface area contributed by atoms with E-state index in [1.54, 1.807) is 6.08 Å². The van der Waals surface area contributed by atoms with Crippen molar-refractivity contribution in [2.24, 2.45) is 0 Å². The van der Waals surface area contributed by atoms with Gasteiger partial charge in [-0.2, -0.15) is 0 Å². The molecule has 0 saturated carbocycles. The van der Waals surface area contributed by atoms with Gasteiger partial charge in [0, 0.05) is 12.6 Å². The molecule has 4 nitrogen and oxygen atoms in total. The predicted octanol–water partition coefficient (Wildman–Crippen LogP) is 0.688. The van der Waals surface area contributed by atoms with Gasteiger partial charge in [-0.15, -0.1) is 6.58 Å². The molecule has 0 bridgehead atoms. The lowest BCUT2D eigenvalue weighted by molar-refractivity contribution is -0.141. The molecule has 1 rings (SSSR count). The highest BCUT2D eigenvalue weighted by atomic mass is 16.2. The van der Waals surface area contributed by atoms with Crippen molar-refractivity contribution in [2.45, 2.75) is 38.8 Å². The van der Waals surface area contributed by atoms with Crippen LogP contribution < -0.4 is 5.32 Å². The van der Waals surface area contributed by atoms with Crippen molar-refractivity contribution in [1.82, 2.24) is 10.2 Å². The molecule has 2 atom stereocenters. The summed E-state index contributed by atoms with van der Waals surface area (Å²) < 4.78 is 0. The zero-order valence-corrected chi connectivity index (χ0v) is 9.32. The second-order valence-corrected chi connectivity index (χ2v) is 3.81. The molecule has 1 heterocycles. The molecule has 0 aromatic heterocycles. The third kappa shape index (κ3) is 2.45. The molecule has 2 unspecified atom stereocenters. The molecular formula is C11H18N2O2. The number of nitrogens with zero attached hydrogens (tertiary/aromatic N) is 1. The van der Waals surface area contributed by atoms with Crippen LogP contribution in [0.4, 0.5) is 0 Å². The van der Waals surface area contributed by atoms with E-state index in [9.17, 15) is 9.59 Å². The highest BCUT2D eigenvalue weighted by Gasteiger charge is 2.39. The number of imide groups is 1. The molecule has 4 heteroatoms. The maximum atomic E-state index is 11.8. The molecule has 1 N–H and O–H groups in total. The van der Waals surface area contributed by atoms with Crippen LogP contribution in [-0.4, -0.2) is 35.3 Å². The summed E-state index contributed by atoms with van der Waals surface area (Å²) in [6.07, 6.45) is 2.76. The van der Waals surface area contributed by atoms with E-state index < -0.39 is 0 Å². The first-order chi connectivity index (χ1) is 7.11. The number of rotatable bonds is 5. The number of carbonyl (C=O) groups excluding carboxylic acids is 2. The summed E-state index contributed by atoms with van der Waals surface area (Å²) in [6, 6.07) is -0.356. The summed E-state index contributed by atoms with van der Waals surface area (Å²) in [4.78, 5) is 24.8. The number of hydrogen-bond acceptors (Lipinski definition) is 3. The molecule has 1 aliphatic heterocycles. The van der Waals surface area contributed by atoms with E-state index in [-0.39, 0.29) is 30.3 Å². The number of hydrogen-bond donors (Lipinski definition) is 1. The van der Waals surface area contributed by atoms with Crippen LogP contribution in [0.25, 0.3) is 0 Å². The molecule has 0 aromatic carbocycles. The molecule has 1 fully saturated rings. The Kier molecular flexibility index (Phi) is 4.03. The van der Waals surface area contributed by atoms with Crippen LogP contribution in [0.15, 0.2) is 12.7 Å². The first-order valence-corrected chi connectivity index (χ1v) is 5.32. The van der Waals surface area contributed by atoms with E-state index in [4.69, 9.17) is 0 Å². The summed E-state index contributed by atoms with van der Waals surface area (Å²) in [5.41, 5.74) is 0. The Morgan fingerprint density at radius 1 is 1.67 bits per heavy atom. The number of likely N-dealkylation sites (tertiary alicyclic amines) is 1. The lowest BCUT2D eigenvalue weighted by atomic mass is 10.2. The molecular weight excluding hydrogens is 192 g/mol. The summed E-state index contributed by atoms with van der Waals surface area (Å²) in [5, 5.41) is 2.99. The monoisotopic (exact) mass is 210 g/mol. The van der Waals surface area contributed by atoms with Crippen molar-refractivity contribution in [3.8, 4) is 0 Å². The van der Waals surface area contributed by atoms with E-state index in [1.807, 2.05) is 13.8 Å². The van der Waals surface area contributed by atoms with E-state index in [1.165, 1.54) is 4.90 Å². The minimum Gasteiger partial charge on any atom is -0.302 e. The molecule has 2 amide bonds. The molecule has 1 aliphatic rings. The lowest BCUT2D eigenvalue weighted by Crippen LogP contribution is -2.42. The van der Waals surface area contributed by atoms with E-state index in [0.29, 0.717) is 6.54 Å². The van der Waals surface area contributed by atoms with Gasteiger partial charge >= 0.3 is 0 Å². The average molecular weight is 210 g/mol. The van der Waals surface area contributed by atoms with Gasteiger partial charge in [0.25, 0.3) is 0 Å². The normalized spacial score (nSPS) is 23.3. The Balaban J connectivity index is 2.65. The van der Waals surface area contributed by atoms with Crippen LogP contribution in [0.5, 0.6) is 0 Å². The van der Waals surface area contributed by atoms with Gasteiger partial charge in [-0.3, -0.25) is 14.5 Å². The fraction of sp³-hybridized carbons (Fsp3) is 0.636. The Labute approximate surface area is 90.3 Å². The van der Waals surface area contributed by atoms with Crippen LogP contribution >= 0.6 is 0 Å². The zero-order valence-electron chi connectivity index (χ0n) is 9.32.